The molecule has 0 bridgehead atoms. The molecular weight excluding hydrogens is 218 g/mol. The lowest BCUT2D eigenvalue weighted by atomic mass is 10.1. The van der Waals surface area contributed by atoms with E-state index in [2.05, 4.69) is 5.32 Å². The number of nitrogens with one attached hydrogen (secondary N) is 1. The fourth-order valence-corrected chi connectivity index (χ4v) is 1.81. The highest BCUT2D eigenvalue weighted by atomic mass is 16.6. The summed E-state index contributed by atoms with van der Waals surface area (Å²) in [6, 6.07) is 0. The maximum absolute atomic E-state index is 11.4. The van der Waals surface area contributed by atoms with Crippen LogP contribution in [-0.4, -0.2) is 37.4 Å². The van der Waals surface area contributed by atoms with Gasteiger partial charge in [-0.15, -0.1) is 0 Å². The van der Waals surface area contributed by atoms with E-state index in [0.717, 1.165) is 19.6 Å². The molecular formula is C13H25NO3. The number of hydrogen-bond acceptors (Lipinski definition) is 4. The van der Waals surface area contributed by atoms with Crippen molar-refractivity contribution in [3.63, 3.8) is 0 Å². The molecule has 0 aromatic rings. The number of carbonyl (C=O) groups is 1. The van der Waals surface area contributed by atoms with Gasteiger partial charge in [0, 0.05) is 19.7 Å². The third-order valence-corrected chi connectivity index (χ3v) is 2.57. The maximum Gasteiger partial charge on any atom is 0.307 e. The summed E-state index contributed by atoms with van der Waals surface area (Å²) in [6.45, 7) is 8.02. The second-order valence-electron chi connectivity index (χ2n) is 5.53. The Morgan fingerprint density at radius 1 is 1.41 bits per heavy atom. The number of esters is 1. The second-order valence-corrected chi connectivity index (χ2v) is 5.53. The van der Waals surface area contributed by atoms with Crippen molar-refractivity contribution in [2.75, 3.05) is 19.7 Å². The van der Waals surface area contributed by atoms with Gasteiger partial charge in [0.15, 0.2) is 0 Å². The predicted molar refractivity (Wildman–Crippen MR) is 66.9 cm³/mol. The molecule has 0 spiro atoms. The van der Waals surface area contributed by atoms with Crippen LogP contribution >= 0.6 is 0 Å². The van der Waals surface area contributed by atoms with Crippen LogP contribution in [0.1, 0.15) is 46.5 Å². The SMILES string of the molecule is CC(C)(C)OC(=O)CCNCC1CCCCO1. The molecule has 0 radical (unpaired) electrons. The molecule has 1 rings (SSSR count). The minimum absolute atomic E-state index is 0.144. The van der Waals surface area contributed by atoms with Gasteiger partial charge < -0.3 is 14.8 Å². The van der Waals surface area contributed by atoms with Crippen molar-refractivity contribution in [3.05, 3.63) is 0 Å². The van der Waals surface area contributed by atoms with Gasteiger partial charge in [-0.2, -0.15) is 0 Å². The van der Waals surface area contributed by atoms with Gasteiger partial charge in [0.2, 0.25) is 0 Å². The summed E-state index contributed by atoms with van der Waals surface area (Å²) in [6.07, 6.45) is 4.29. The summed E-state index contributed by atoms with van der Waals surface area (Å²) < 4.78 is 10.8. The number of rotatable bonds is 5. The van der Waals surface area contributed by atoms with Crippen molar-refractivity contribution in [1.82, 2.24) is 5.32 Å². The first-order valence-corrected chi connectivity index (χ1v) is 6.51. The van der Waals surface area contributed by atoms with Crippen LogP contribution in [0.4, 0.5) is 0 Å². The van der Waals surface area contributed by atoms with Gasteiger partial charge in [-0.1, -0.05) is 0 Å². The van der Waals surface area contributed by atoms with Crippen LogP contribution in [0.2, 0.25) is 0 Å². The van der Waals surface area contributed by atoms with Gasteiger partial charge in [-0.3, -0.25) is 4.79 Å². The highest BCUT2D eigenvalue weighted by Gasteiger charge is 2.16. The molecule has 0 aliphatic carbocycles. The quantitative estimate of drug-likeness (QED) is 0.591. The summed E-state index contributed by atoms with van der Waals surface area (Å²) >= 11 is 0. The molecule has 1 atom stereocenters. The van der Waals surface area contributed by atoms with Crippen LogP contribution < -0.4 is 5.32 Å². The Bertz CT molecular complexity index is 229. The van der Waals surface area contributed by atoms with Crippen LogP contribution in [-0.2, 0) is 14.3 Å². The third-order valence-electron chi connectivity index (χ3n) is 2.57. The van der Waals surface area contributed by atoms with Crippen LogP contribution in [0, 0.1) is 0 Å². The Kier molecular flexibility index (Phi) is 5.92. The van der Waals surface area contributed by atoms with E-state index in [1.807, 2.05) is 20.8 Å². The number of ether oxygens (including phenoxy) is 2. The average Bonchev–Trinajstić information content (AvgIpc) is 2.23. The maximum atomic E-state index is 11.4. The Hall–Kier alpha value is -0.610. The molecule has 1 saturated heterocycles. The van der Waals surface area contributed by atoms with Crippen molar-refractivity contribution < 1.29 is 14.3 Å². The Morgan fingerprint density at radius 3 is 2.76 bits per heavy atom. The Balaban J connectivity index is 2.01. The smallest absolute Gasteiger partial charge is 0.307 e. The van der Waals surface area contributed by atoms with Gasteiger partial charge in [0.1, 0.15) is 5.60 Å². The summed E-state index contributed by atoms with van der Waals surface area (Å²) in [5.74, 6) is -0.144. The minimum atomic E-state index is -0.385. The first kappa shape index (κ1) is 14.5. The van der Waals surface area contributed by atoms with Crippen LogP contribution in [0.15, 0.2) is 0 Å². The first-order valence-electron chi connectivity index (χ1n) is 6.51. The average molecular weight is 243 g/mol. The third kappa shape index (κ3) is 7.34. The summed E-state index contributed by atoms with van der Waals surface area (Å²) in [5, 5.41) is 3.25. The zero-order chi connectivity index (χ0) is 12.7. The standard InChI is InChI=1S/C13H25NO3/c1-13(2,3)17-12(15)7-8-14-10-11-6-4-5-9-16-11/h11,14H,4-10H2,1-3H3. The zero-order valence-electron chi connectivity index (χ0n) is 11.3. The van der Waals surface area contributed by atoms with Crippen LogP contribution in [0.3, 0.4) is 0 Å². The predicted octanol–water partition coefficient (Wildman–Crippen LogP) is 1.88. The van der Waals surface area contributed by atoms with Crippen LogP contribution in [0.5, 0.6) is 0 Å². The van der Waals surface area contributed by atoms with Crippen molar-refractivity contribution in [1.29, 1.82) is 0 Å². The molecule has 1 N–H and O–H groups in total. The zero-order valence-corrected chi connectivity index (χ0v) is 11.3. The van der Waals surface area contributed by atoms with E-state index >= 15 is 0 Å². The van der Waals surface area contributed by atoms with Gasteiger partial charge >= 0.3 is 5.97 Å². The molecule has 1 fully saturated rings. The summed E-state index contributed by atoms with van der Waals surface area (Å²) in [7, 11) is 0. The molecule has 1 aliphatic rings. The lowest BCUT2D eigenvalue weighted by Gasteiger charge is -2.23. The second kappa shape index (κ2) is 6.97. The van der Waals surface area contributed by atoms with Gasteiger partial charge in [-0.25, -0.2) is 0 Å². The Morgan fingerprint density at radius 2 is 2.18 bits per heavy atom. The Labute approximate surface area is 104 Å². The number of hydrogen-bond donors (Lipinski definition) is 1. The van der Waals surface area contributed by atoms with Crippen molar-refractivity contribution in [3.8, 4) is 0 Å². The molecule has 100 valence electrons. The molecule has 0 aromatic carbocycles. The number of carbonyl (C=O) groups excluding carboxylic acids is 1. The van der Waals surface area contributed by atoms with E-state index in [9.17, 15) is 4.79 Å². The minimum Gasteiger partial charge on any atom is -0.460 e. The van der Waals surface area contributed by atoms with E-state index in [-0.39, 0.29) is 11.6 Å². The largest absolute Gasteiger partial charge is 0.460 e. The fourth-order valence-electron chi connectivity index (χ4n) is 1.81. The molecule has 4 heteroatoms. The van der Waals surface area contributed by atoms with Crippen molar-refractivity contribution in [2.24, 2.45) is 0 Å². The van der Waals surface area contributed by atoms with E-state index in [4.69, 9.17) is 9.47 Å². The van der Waals surface area contributed by atoms with Crippen LogP contribution in [0.25, 0.3) is 0 Å². The topological polar surface area (TPSA) is 47.6 Å². The van der Waals surface area contributed by atoms with E-state index in [1.165, 1.54) is 12.8 Å². The molecule has 1 aliphatic heterocycles. The molecule has 4 nitrogen and oxygen atoms in total. The van der Waals surface area contributed by atoms with Gasteiger partial charge in [-0.05, 0) is 40.0 Å². The summed E-state index contributed by atoms with van der Waals surface area (Å²) in [4.78, 5) is 11.4. The van der Waals surface area contributed by atoms with E-state index < -0.39 is 0 Å². The lowest BCUT2D eigenvalue weighted by molar-refractivity contribution is -0.154. The van der Waals surface area contributed by atoms with E-state index in [0.29, 0.717) is 19.1 Å². The van der Waals surface area contributed by atoms with E-state index in [1.54, 1.807) is 0 Å². The molecule has 0 saturated carbocycles. The van der Waals surface area contributed by atoms with Gasteiger partial charge in [0.05, 0.1) is 12.5 Å². The highest BCUT2D eigenvalue weighted by molar-refractivity contribution is 5.70. The fraction of sp³-hybridized carbons (Fsp3) is 0.923. The normalized spacial score (nSPS) is 21.2. The van der Waals surface area contributed by atoms with Gasteiger partial charge in [0.25, 0.3) is 0 Å². The highest BCUT2D eigenvalue weighted by Crippen LogP contribution is 2.11. The first-order chi connectivity index (χ1) is 7.97. The molecule has 17 heavy (non-hydrogen) atoms. The van der Waals surface area contributed by atoms with Crippen molar-refractivity contribution in [2.45, 2.75) is 58.2 Å². The lowest BCUT2D eigenvalue weighted by Crippen LogP contribution is -2.33. The molecule has 0 amide bonds. The molecule has 0 aromatic heterocycles. The van der Waals surface area contributed by atoms with Crippen molar-refractivity contribution >= 4 is 5.97 Å². The molecule has 1 heterocycles. The summed E-state index contributed by atoms with van der Waals surface area (Å²) in [5.41, 5.74) is -0.385. The monoisotopic (exact) mass is 243 g/mol. The molecule has 1 unspecified atom stereocenters.